The van der Waals surface area contributed by atoms with Crippen molar-refractivity contribution in [1.29, 1.82) is 0 Å². The van der Waals surface area contributed by atoms with Gasteiger partial charge >= 0.3 is 5.97 Å². The van der Waals surface area contributed by atoms with E-state index in [0.717, 1.165) is 18.2 Å². The van der Waals surface area contributed by atoms with Gasteiger partial charge in [-0.2, -0.15) is 5.10 Å². The molecule has 0 amide bonds. The molecule has 0 spiro atoms. The Labute approximate surface area is 146 Å². The van der Waals surface area contributed by atoms with E-state index in [1.165, 1.54) is 19.2 Å². The number of rotatable bonds is 7. The van der Waals surface area contributed by atoms with E-state index in [2.05, 4.69) is 9.82 Å². The number of benzene rings is 1. The fraction of sp³-hybridized carbons (Fsp3) is 0.375. The number of aromatic nitrogens is 2. The number of anilines is 1. The Morgan fingerprint density at radius 1 is 1.40 bits per heavy atom. The first-order chi connectivity index (χ1) is 11.7. The van der Waals surface area contributed by atoms with Crippen molar-refractivity contribution in [2.45, 2.75) is 38.1 Å². The van der Waals surface area contributed by atoms with Crippen LogP contribution in [-0.4, -0.2) is 36.4 Å². The molecule has 0 aliphatic heterocycles. The van der Waals surface area contributed by atoms with E-state index < -0.39 is 16.0 Å². The minimum atomic E-state index is -3.97. The number of hydrogen-bond acceptors (Lipinski definition) is 5. The monoisotopic (exact) mass is 367 g/mol. The summed E-state index contributed by atoms with van der Waals surface area (Å²) in [5, 5.41) is 13.5. The molecule has 0 radical (unpaired) electrons. The second kappa shape index (κ2) is 7.14. The Morgan fingerprint density at radius 3 is 2.64 bits per heavy atom. The van der Waals surface area contributed by atoms with Gasteiger partial charge in [0.2, 0.25) is 0 Å². The van der Waals surface area contributed by atoms with Gasteiger partial charge in [-0.05, 0) is 38.5 Å². The number of carboxylic acid groups (broad SMARTS) is 1. The van der Waals surface area contributed by atoms with Crippen LogP contribution in [0.1, 0.15) is 42.4 Å². The van der Waals surface area contributed by atoms with Crippen LogP contribution in [-0.2, 0) is 10.0 Å². The molecule has 2 N–H and O–H groups in total. The van der Waals surface area contributed by atoms with E-state index in [0.29, 0.717) is 0 Å². The lowest BCUT2D eigenvalue weighted by Crippen LogP contribution is -2.15. The van der Waals surface area contributed by atoms with Gasteiger partial charge in [0.1, 0.15) is 11.3 Å². The average molecular weight is 367 g/mol. The number of nitrogens with zero attached hydrogens (tertiary/aromatic N) is 2. The van der Waals surface area contributed by atoms with Gasteiger partial charge in [-0.15, -0.1) is 0 Å². The zero-order valence-electron chi connectivity index (χ0n) is 14.5. The lowest BCUT2D eigenvalue weighted by atomic mass is 10.2. The fourth-order valence-corrected chi connectivity index (χ4v) is 3.39. The smallest absolute Gasteiger partial charge is 0.339 e. The summed E-state index contributed by atoms with van der Waals surface area (Å²) < 4.78 is 34.2. The van der Waals surface area contributed by atoms with E-state index in [1.54, 1.807) is 10.7 Å². The lowest BCUT2D eigenvalue weighted by molar-refractivity contribution is 0.0693. The number of carbonyl (C=O) groups is 1. The van der Waals surface area contributed by atoms with Gasteiger partial charge in [-0.25, -0.2) is 13.2 Å². The maximum absolute atomic E-state index is 12.5. The molecule has 0 aliphatic carbocycles. The van der Waals surface area contributed by atoms with Crippen LogP contribution in [0.4, 0.5) is 5.82 Å². The standard InChI is InChI=1S/C16H21N3O5S/c1-5-10(2)19-11(3)8-15(17-19)18-25(22,23)12-6-7-14(24-4)13(9-12)16(20)21/h6-10H,5H2,1-4H3,(H,17,18)(H,20,21). The first-order valence-electron chi connectivity index (χ1n) is 7.70. The first kappa shape index (κ1) is 18.8. The summed E-state index contributed by atoms with van der Waals surface area (Å²) in [4.78, 5) is 11.1. The fourth-order valence-electron chi connectivity index (χ4n) is 2.37. The quantitative estimate of drug-likeness (QED) is 0.778. The van der Waals surface area contributed by atoms with Gasteiger partial charge in [0, 0.05) is 17.8 Å². The summed E-state index contributed by atoms with van der Waals surface area (Å²) in [5.74, 6) is -1.00. The first-order valence-corrected chi connectivity index (χ1v) is 9.18. The predicted molar refractivity (Wildman–Crippen MR) is 92.7 cm³/mol. The van der Waals surface area contributed by atoms with Gasteiger partial charge < -0.3 is 9.84 Å². The molecule has 1 atom stereocenters. The molecule has 0 aliphatic rings. The third kappa shape index (κ3) is 3.93. The molecular formula is C16H21N3O5S. The number of aryl methyl sites for hydroxylation is 1. The Hall–Kier alpha value is -2.55. The summed E-state index contributed by atoms with van der Waals surface area (Å²) in [7, 11) is -2.66. The molecule has 1 aromatic heterocycles. The highest BCUT2D eigenvalue weighted by atomic mass is 32.2. The van der Waals surface area contributed by atoms with Crippen molar-refractivity contribution in [1.82, 2.24) is 9.78 Å². The Bertz CT molecular complexity index is 889. The summed E-state index contributed by atoms with van der Waals surface area (Å²) in [5.41, 5.74) is 0.597. The average Bonchev–Trinajstić information content (AvgIpc) is 2.92. The Balaban J connectivity index is 2.37. The molecule has 0 saturated carbocycles. The van der Waals surface area contributed by atoms with Crippen molar-refractivity contribution in [2.24, 2.45) is 0 Å². The van der Waals surface area contributed by atoms with E-state index in [-0.39, 0.29) is 28.1 Å². The lowest BCUT2D eigenvalue weighted by Gasteiger charge is -2.11. The summed E-state index contributed by atoms with van der Waals surface area (Å²) >= 11 is 0. The van der Waals surface area contributed by atoms with Gasteiger partial charge in [-0.3, -0.25) is 9.40 Å². The molecule has 9 heteroatoms. The predicted octanol–water partition coefficient (Wildman–Crippen LogP) is 2.67. The van der Waals surface area contributed by atoms with Crippen LogP contribution in [0.25, 0.3) is 0 Å². The molecule has 136 valence electrons. The molecule has 2 rings (SSSR count). The molecule has 1 heterocycles. The number of carboxylic acids is 1. The minimum absolute atomic E-state index is 0.0864. The van der Waals surface area contributed by atoms with Crippen LogP contribution < -0.4 is 9.46 Å². The summed E-state index contributed by atoms with van der Waals surface area (Å²) in [6, 6.07) is 5.42. The third-order valence-corrected chi connectivity index (χ3v) is 5.23. The number of hydrogen-bond donors (Lipinski definition) is 2. The van der Waals surface area contributed by atoms with E-state index in [4.69, 9.17) is 4.74 Å². The second-order valence-corrected chi connectivity index (χ2v) is 7.33. The maximum Gasteiger partial charge on any atom is 0.339 e. The highest BCUT2D eigenvalue weighted by molar-refractivity contribution is 7.92. The van der Waals surface area contributed by atoms with E-state index in [1.807, 2.05) is 20.8 Å². The largest absolute Gasteiger partial charge is 0.496 e. The maximum atomic E-state index is 12.5. The molecule has 0 bridgehead atoms. The number of aromatic carboxylic acids is 1. The molecule has 25 heavy (non-hydrogen) atoms. The molecular weight excluding hydrogens is 346 g/mol. The molecule has 2 aromatic rings. The van der Waals surface area contributed by atoms with Crippen LogP contribution in [0, 0.1) is 6.92 Å². The van der Waals surface area contributed by atoms with Crippen molar-refractivity contribution in [3.05, 3.63) is 35.5 Å². The van der Waals surface area contributed by atoms with E-state index in [9.17, 15) is 18.3 Å². The van der Waals surface area contributed by atoms with Gasteiger partial charge in [0.05, 0.1) is 12.0 Å². The molecule has 0 fully saturated rings. The summed E-state index contributed by atoms with van der Waals surface area (Å²) in [6.07, 6.45) is 0.856. The number of methoxy groups -OCH3 is 1. The van der Waals surface area contributed by atoms with Gasteiger partial charge in [-0.1, -0.05) is 6.92 Å². The van der Waals surface area contributed by atoms with Crippen LogP contribution in [0.2, 0.25) is 0 Å². The molecule has 1 aromatic carbocycles. The third-order valence-electron chi connectivity index (χ3n) is 3.88. The van der Waals surface area contributed by atoms with Gasteiger partial charge in [0.25, 0.3) is 10.0 Å². The molecule has 1 unspecified atom stereocenters. The SMILES string of the molecule is CCC(C)n1nc(NS(=O)(=O)c2ccc(OC)c(C(=O)O)c2)cc1C. The van der Waals surface area contributed by atoms with Crippen molar-refractivity contribution < 1.29 is 23.1 Å². The van der Waals surface area contributed by atoms with Gasteiger partial charge in [0.15, 0.2) is 5.82 Å². The van der Waals surface area contributed by atoms with Crippen LogP contribution in [0.5, 0.6) is 5.75 Å². The Kier molecular flexibility index (Phi) is 5.36. The van der Waals surface area contributed by atoms with Crippen molar-refractivity contribution in [3.8, 4) is 5.75 Å². The highest BCUT2D eigenvalue weighted by Gasteiger charge is 2.21. The topological polar surface area (TPSA) is 111 Å². The number of ether oxygens (including phenoxy) is 1. The molecule has 8 nitrogen and oxygen atoms in total. The van der Waals surface area contributed by atoms with Crippen LogP contribution in [0.3, 0.4) is 0 Å². The minimum Gasteiger partial charge on any atom is -0.496 e. The summed E-state index contributed by atoms with van der Waals surface area (Å²) in [6.45, 7) is 5.84. The number of sulfonamides is 1. The van der Waals surface area contributed by atoms with Crippen LogP contribution in [0.15, 0.2) is 29.2 Å². The Morgan fingerprint density at radius 2 is 2.08 bits per heavy atom. The van der Waals surface area contributed by atoms with Crippen molar-refractivity contribution in [2.75, 3.05) is 11.8 Å². The zero-order valence-corrected chi connectivity index (χ0v) is 15.3. The normalized spacial score (nSPS) is 12.6. The van der Waals surface area contributed by atoms with Crippen molar-refractivity contribution in [3.63, 3.8) is 0 Å². The highest BCUT2D eigenvalue weighted by Crippen LogP contribution is 2.24. The second-order valence-electron chi connectivity index (χ2n) is 5.65. The van der Waals surface area contributed by atoms with Crippen LogP contribution >= 0.6 is 0 Å². The number of nitrogens with one attached hydrogen (secondary N) is 1. The van der Waals surface area contributed by atoms with E-state index >= 15 is 0 Å². The molecule has 0 saturated heterocycles. The zero-order chi connectivity index (χ0) is 18.8. The van der Waals surface area contributed by atoms with Crippen molar-refractivity contribution >= 4 is 21.8 Å².